The van der Waals surface area contributed by atoms with Gasteiger partial charge in [-0.1, -0.05) is 6.92 Å². The maximum atomic E-state index is 11.5. The number of carbonyl (C=O) groups is 1. The minimum Gasteiger partial charge on any atom is -0.383 e. The van der Waals surface area contributed by atoms with E-state index in [1.54, 1.807) is 7.11 Å². The molecule has 1 fully saturated rings. The van der Waals surface area contributed by atoms with E-state index in [-0.39, 0.29) is 5.91 Å². The van der Waals surface area contributed by atoms with Crippen LogP contribution in [0.1, 0.15) is 32.6 Å². The lowest BCUT2D eigenvalue weighted by Crippen LogP contribution is -2.42. The molecule has 1 amide bonds. The van der Waals surface area contributed by atoms with Gasteiger partial charge in [0.1, 0.15) is 0 Å². The standard InChI is InChI=1S/C12H24N2O2/c1-10-3-5-11(6-4-10)14-12(15)9-13-7-8-16-2/h10-11,13H,3-9H2,1-2H3,(H,14,15). The van der Waals surface area contributed by atoms with Crippen molar-refractivity contribution < 1.29 is 9.53 Å². The van der Waals surface area contributed by atoms with Crippen LogP contribution < -0.4 is 10.6 Å². The Morgan fingerprint density at radius 1 is 1.31 bits per heavy atom. The van der Waals surface area contributed by atoms with Crippen LogP contribution in [-0.4, -0.2) is 38.8 Å². The molecule has 0 saturated heterocycles. The number of ether oxygens (including phenoxy) is 1. The van der Waals surface area contributed by atoms with E-state index in [0.717, 1.165) is 25.3 Å². The molecule has 0 unspecified atom stereocenters. The van der Waals surface area contributed by atoms with Crippen LogP contribution in [-0.2, 0) is 9.53 Å². The third-order valence-electron chi connectivity index (χ3n) is 3.15. The zero-order valence-electron chi connectivity index (χ0n) is 10.4. The molecule has 2 N–H and O–H groups in total. The van der Waals surface area contributed by atoms with Crippen molar-refractivity contribution in [1.29, 1.82) is 0 Å². The minimum atomic E-state index is 0.107. The first-order chi connectivity index (χ1) is 7.72. The fraction of sp³-hybridized carbons (Fsp3) is 0.917. The molecule has 1 aliphatic carbocycles. The molecule has 0 aromatic heterocycles. The summed E-state index contributed by atoms with van der Waals surface area (Å²) in [7, 11) is 1.66. The second kappa shape index (κ2) is 7.63. The lowest BCUT2D eigenvalue weighted by atomic mass is 9.87. The predicted octanol–water partition coefficient (Wildman–Crippen LogP) is 0.917. The molecule has 94 valence electrons. The number of hydrogen-bond acceptors (Lipinski definition) is 3. The minimum absolute atomic E-state index is 0.107. The van der Waals surface area contributed by atoms with Crippen molar-refractivity contribution in [3.05, 3.63) is 0 Å². The monoisotopic (exact) mass is 228 g/mol. The van der Waals surface area contributed by atoms with Gasteiger partial charge in [0.15, 0.2) is 0 Å². The van der Waals surface area contributed by atoms with Crippen LogP contribution in [0.4, 0.5) is 0 Å². The van der Waals surface area contributed by atoms with Gasteiger partial charge in [0.05, 0.1) is 13.2 Å². The highest BCUT2D eigenvalue weighted by Gasteiger charge is 2.19. The van der Waals surface area contributed by atoms with E-state index in [1.807, 2.05) is 0 Å². The van der Waals surface area contributed by atoms with Gasteiger partial charge in [-0.3, -0.25) is 4.79 Å². The molecule has 4 heteroatoms. The zero-order chi connectivity index (χ0) is 11.8. The molecule has 1 rings (SSSR count). The Labute approximate surface area is 98.1 Å². The zero-order valence-corrected chi connectivity index (χ0v) is 10.4. The summed E-state index contributed by atoms with van der Waals surface area (Å²) in [6, 6.07) is 0.396. The van der Waals surface area contributed by atoms with Gasteiger partial charge in [-0.2, -0.15) is 0 Å². The first-order valence-electron chi connectivity index (χ1n) is 6.21. The Bertz CT molecular complexity index is 201. The molecule has 16 heavy (non-hydrogen) atoms. The first kappa shape index (κ1) is 13.5. The summed E-state index contributed by atoms with van der Waals surface area (Å²) < 4.78 is 4.89. The van der Waals surface area contributed by atoms with E-state index in [0.29, 0.717) is 19.2 Å². The molecule has 1 saturated carbocycles. The predicted molar refractivity (Wildman–Crippen MR) is 64.3 cm³/mol. The molecule has 0 atom stereocenters. The Morgan fingerprint density at radius 3 is 2.62 bits per heavy atom. The van der Waals surface area contributed by atoms with Gasteiger partial charge in [-0.25, -0.2) is 0 Å². The molecule has 1 aliphatic rings. The molecule has 0 bridgehead atoms. The molecule has 4 nitrogen and oxygen atoms in total. The normalized spacial score (nSPS) is 25.4. The molecular formula is C12H24N2O2. The molecule has 0 spiro atoms. The van der Waals surface area contributed by atoms with E-state index in [4.69, 9.17) is 4.74 Å². The van der Waals surface area contributed by atoms with Gasteiger partial charge in [0.25, 0.3) is 0 Å². The fourth-order valence-corrected chi connectivity index (χ4v) is 2.06. The number of hydrogen-bond donors (Lipinski definition) is 2. The number of amides is 1. The summed E-state index contributed by atoms with van der Waals surface area (Å²) in [5.41, 5.74) is 0. The Balaban J connectivity index is 2.05. The topological polar surface area (TPSA) is 50.4 Å². The van der Waals surface area contributed by atoms with E-state index in [1.165, 1.54) is 12.8 Å². The summed E-state index contributed by atoms with van der Waals surface area (Å²) in [5, 5.41) is 6.12. The van der Waals surface area contributed by atoms with Crippen LogP contribution in [0.2, 0.25) is 0 Å². The number of methoxy groups -OCH3 is 1. The van der Waals surface area contributed by atoms with Crippen LogP contribution in [0.5, 0.6) is 0 Å². The second-order valence-electron chi connectivity index (χ2n) is 4.69. The Morgan fingerprint density at radius 2 is 2.00 bits per heavy atom. The maximum Gasteiger partial charge on any atom is 0.234 e. The first-order valence-corrected chi connectivity index (χ1v) is 6.21. The van der Waals surface area contributed by atoms with Crippen molar-refractivity contribution in [1.82, 2.24) is 10.6 Å². The van der Waals surface area contributed by atoms with Crippen LogP contribution in [0.3, 0.4) is 0 Å². The van der Waals surface area contributed by atoms with Gasteiger partial charge in [-0.05, 0) is 31.6 Å². The number of rotatable bonds is 6. The smallest absolute Gasteiger partial charge is 0.234 e. The molecule has 0 aromatic carbocycles. The van der Waals surface area contributed by atoms with Crippen molar-refractivity contribution in [2.24, 2.45) is 5.92 Å². The Kier molecular flexibility index (Phi) is 6.42. The SMILES string of the molecule is COCCNCC(=O)NC1CCC(C)CC1. The summed E-state index contributed by atoms with van der Waals surface area (Å²) in [6.45, 7) is 4.06. The quantitative estimate of drug-likeness (QED) is 0.665. The maximum absolute atomic E-state index is 11.5. The van der Waals surface area contributed by atoms with Crippen molar-refractivity contribution in [2.45, 2.75) is 38.6 Å². The van der Waals surface area contributed by atoms with Gasteiger partial charge in [-0.15, -0.1) is 0 Å². The largest absolute Gasteiger partial charge is 0.383 e. The van der Waals surface area contributed by atoms with Gasteiger partial charge >= 0.3 is 0 Å². The molecule has 0 aromatic rings. The van der Waals surface area contributed by atoms with Gasteiger partial charge in [0, 0.05) is 19.7 Å². The third kappa shape index (κ3) is 5.47. The van der Waals surface area contributed by atoms with E-state index in [9.17, 15) is 4.79 Å². The molecular weight excluding hydrogens is 204 g/mol. The summed E-state index contributed by atoms with van der Waals surface area (Å²) >= 11 is 0. The summed E-state index contributed by atoms with van der Waals surface area (Å²) in [5.74, 6) is 0.934. The van der Waals surface area contributed by atoms with Gasteiger partial charge < -0.3 is 15.4 Å². The summed E-state index contributed by atoms with van der Waals surface area (Å²) in [6.07, 6.45) is 4.74. The average molecular weight is 228 g/mol. The fourth-order valence-electron chi connectivity index (χ4n) is 2.06. The number of nitrogens with one attached hydrogen (secondary N) is 2. The van der Waals surface area contributed by atoms with Crippen LogP contribution in [0.25, 0.3) is 0 Å². The van der Waals surface area contributed by atoms with E-state index < -0.39 is 0 Å². The molecule has 0 heterocycles. The lowest BCUT2D eigenvalue weighted by Gasteiger charge is -2.26. The van der Waals surface area contributed by atoms with Crippen molar-refractivity contribution in [3.8, 4) is 0 Å². The highest BCUT2D eigenvalue weighted by molar-refractivity contribution is 5.78. The van der Waals surface area contributed by atoms with E-state index in [2.05, 4.69) is 17.6 Å². The summed E-state index contributed by atoms with van der Waals surface area (Å²) in [4.78, 5) is 11.5. The highest BCUT2D eigenvalue weighted by Crippen LogP contribution is 2.23. The highest BCUT2D eigenvalue weighted by atomic mass is 16.5. The van der Waals surface area contributed by atoms with Crippen LogP contribution in [0, 0.1) is 5.92 Å². The van der Waals surface area contributed by atoms with E-state index >= 15 is 0 Å². The molecule has 0 aliphatic heterocycles. The van der Waals surface area contributed by atoms with Crippen molar-refractivity contribution in [2.75, 3.05) is 26.8 Å². The third-order valence-corrected chi connectivity index (χ3v) is 3.15. The Hall–Kier alpha value is -0.610. The molecule has 0 radical (unpaired) electrons. The van der Waals surface area contributed by atoms with Crippen LogP contribution in [0.15, 0.2) is 0 Å². The van der Waals surface area contributed by atoms with Crippen molar-refractivity contribution >= 4 is 5.91 Å². The second-order valence-corrected chi connectivity index (χ2v) is 4.69. The lowest BCUT2D eigenvalue weighted by molar-refractivity contribution is -0.121. The van der Waals surface area contributed by atoms with Crippen molar-refractivity contribution in [3.63, 3.8) is 0 Å². The van der Waals surface area contributed by atoms with Crippen LogP contribution >= 0.6 is 0 Å². The average Bonchev–Trinajstić information content (AvgIpc) is 2.28. The van der Waals surface area contributed by atoms with Gasteiger partial charge in [0.2, 0.25) is 5.91 Å². The number of carbonyl (C=O) groups excluding carboxylic acids is 1.